The van der Waals surface area contributed by atoms with Gasteiger partial charge in [0.1, 0.15) is 5.82 Å². The summed E-state index contributed by atoms with van der Waals surface area (Å²) in [5.74, 6) is -0.575. The average Bonchev–Trinajstić information content (AvgIpc) is 2.38. The molecule has 0 aromatic heterocycles. The Balaban J connectivity index is 2.63. The van der Waals surface area contributed by atoms with Crippen molar-refractivity contribution in [1.29, 1.82) is 0 Å². The molecule has 19 heavy (non-hydrogen) atoms. The van der Waals surface area contributed by atoms with Gasteiger partial charge >= 0.3 is 6.18 Å². The van der Waals surface area contributed by atoms with Crippen LogP contribution in [-0.2, 0) is 4.32 Å². The van der Waals surface area contributed by atoms with Gasteiger partial charge < -0.3 is 0 Å². The lowest BCUT2D eigenvalue weighted by Gasteiger charge is -2.31. The minimum atomic E-state index is -4.55. The Morgan fingerprint density at radius 1 is 0.737 bits per heavy atom. The van der Waals surface area contributed by atoms with Gasteiger partial charge in [-0.2, -0.15) is 13.2 Å². The smallest absolute Gasteiger partial charge is 0.207 e. The number of hydrogen-bond donors (Lipinski definition) is 0. The predicted molar refractivity (Wildman–Crippen MR) is 68.6 cm³/mol. The first kappa shape index (κ1) is 14.1. The first-order valence-corrected chi connectivity index (χ1v) is 6.22. The molecular formula is C14H9BrF4. The number of hydrogen-bond acceptors (Lipinski definition) is 0. The molecule has 100 valence electrons. The topological polar surface area (TPSA) is 0 Å². The highest BCUT2D eigenvalue weighted by Crippen LogP contribution is 2.51. The lowest BCUT2D eigenvalue weighted by atomic mass is 9.90. The zero-order valence-electron chi connectivity index (χ0n) is 9.59. The van der Waals surface area contributed by atoms with Crippen LogP contribution in [0.4, 0.5) is 17.6 Å². The third-order valence-corrected chi connectivity index (χ3v) is 4.17. The summed E-state index contributed by atoms with van der Waals surface area (Å²) >= 11 is 2.80. The maximum atomic E-state index is 13.4. The average molecular weight is 333 g/mol. The Morgan fingerprint density at radius 3 is 1.68 bits per heavy atom. The second kappa shape index (κ2) is 4.96. The summed E-state index contributed by atoms with van der Waals surface area (Å²) in [6.45, 7) is 0. The van der Waals surface area contributed by atoms with Crippen LogP contribution in [0.2, 0.25) is 0 Å². The summed E-state index contributed by atoms with van der Waals surface area (Å²) in [7, 11) is 0. The summed E-state index contributed by atoms with van der Waals surface area (Å²) in [5.41, 5.74) is -0.0123. The highest BCUT2D eigenvalue weighted by molar-refractivity contribution is 9.09. The van der Waals surface area contributed by atoms with Gasteiger partial charge in [-0.05, 0) is 23.3 Å². The molecule has 5 heteroatoms. The molecule has 0 saturated carbocycles. The summed E-state index contributed by atoms with van der Waals surface area (Å²) in [4.78, 5) is 0. The third kappa shape index (κ3) is 2.52. The molecule has 1 atom stereocenters. The number of halogens is 5. The van der Waals surface area contributed by atoms with E-state index in [0.717, 1.165) is 24.3 Å². The van der Waals surface area contributed by atoms with Gasteiger partial charge in [-0.3, -0.25) is 0 Å². The Morgan fingerprint density at radius 2 is 1.21 bits per heavy atom. The molecule has 0 aliphatic rings. The minimum Gasteiger partial charge on any atom is -0.207 e. The molecule has 0 aliphatic heterocycles. The van der Waals surface area contributed by atoms with Crippen molar-refractivity contribution in [3.63, 3.8) is 0 Å². The molecule has 0 bridgehead atoms. The zero-order chi connectivity index (χ0) is 14.1. The molecule has 0 radical (unpaired) electrons. The largest absolute Gasteiger partial charge is 0.411 e. The molecule has 0 aliphatic carbocycles. The Bertz CT molecular complexity index is 548. The van der Waals surface area contributed by atoms with Crippen LogP contribution >= 0.6 is 15.9 Å². The lowest BCUT2D eigenvalue weighted by Crippen LogP contribution is -2.37. The fraction of sp³-hybridized carbons (Fsp3) is 0.143. The van der Waals surface area contributed by atoms with Crippen molar-refractivity contribution in [2.45, 2.75) is 10.5 Å². The number of benzene rings is 2. The van der Waals surface area contributed by atoms with Crippen LogP contribution in [-0.4, -0.2) is 6.18 Å². The molecule has 0 saturated heterocycles. The molecule has 0 spiro atoms. The van der Waals surface area contributed by atoms with Gasteiger partial charge in [-0.25, -0.2) is 4.39 Å². The van der Waals surface area contributed by atoms with Crippen LogP contribution < -0.4 is 0 Å². The second-order valence-corrected chi connectivity index (χ2v) is 5.22. The van der Waals surface area contributed by atoms with Crippen molar-refractivity contribution >= 4 is 15.9 Å². The first-order valence-electron chi connectivity index (χ1n) is 5.43. The summed E-state index contributed by atoms with van der Waals surface area (Å²) in [5, 5.41) is 0. The summed E-state index contributed by atoms with van der Waals surface area (Å²) in [6, 6.07) is 11.7. The van der Waals surface area contributed by atoms with Crippen molar-refractivity contribution in [3.8, 4) is 0 Å². The van der Waals surface area contributed by atoms with Crippen LogP contribution in [0.5, 0.6) is 0 Å². The van der Waals surface area contributed by atoms with Gasteiger partial charge in [-0.1, -0.05) is 58.4 Å². The quantitative estimate of drug-likeness (QED) is 0.534. The van der Waals surface area contributed by atoms with Crippen LogP contribution in [0.25, 0.3) is 0 Å². The molecule has 2 aromatic carbocycles. The van der Waals surface area contributed by atoms with Crippen molar-refractivity contribution in [1.82, 2.24) is 0 Å². The van der Waals surface area contributed by atoms with E-state index < -0.39 is 16.3 Å². The lowest BCUT2D eigenvalue weighted by molar-refractivity contribution is -0.149. The minimum absolute atomic E-state index is 0.0501. The van der Waals surface area contributed by atoms with E-state index in [-0.39, 0.29) is 11.1 Å². The van der Waals surface area contributed by atoms with E-state index >= 15 is 0 Å². The number of alkyl halides is 4. The molecule has 0 nitrogen and oxygen atoms in total. The maximum absolute atomic E-state index is 13.4. The normalized spacial score (nSPS) is 15.0. The van der Waals surface area contributed by atoms with Gasteiger partial charge in [0.05, 0.1) is 0 Å². The predicted octanol–water partition coefficient (Wildman–Crippen LogP) is 5.03. The van der Waals surface area contributed by atoms with E-state index in [1.165, 1.54) is 24.3 Å². The van der Waals surface area contributed by atoms with Crippen LogP contribution in [0.15, 0.2) is 54.6 Å². The summed E-state index contributed by atoms with van der Waals surface area (Å²) in [6.07, 6.45) is -4.55. The van der Waals surface area contributed by atoms with E-state index in [1.54, 1.807) is 6.07 Å². The zero-order valence-corrected chi connectivity index (χ0v) is 11.2. The Kier molecular flexibility index (Phi) is 3.67. The number of rotatable bonds is 2. The van der Waals surface area contributed by atoms with Gasteiger partial charge in [0.25, 0.3) is 0 Å². The molecule has 2 rings (SSSR count). The van der Waals surface area contributed by atoms with Crippen molar-refractivity contribution in [2.24, 2.45) is 0 Å². The van der Waals surface area contributed by atoms with E-state index in [4.69, 9.17) is 0 Å². The van der Waals surface area contributed by atoms with Crippen LogP contribution in [0.3, 0.4) is 0 Å². The van der Waals surface area contributed by atoms with E-state index in [9.17, 15) is 17.6 Å². The molecule has 1 unspecified atom stereocenters. The fourth-order valence-electron chi connectivity index (χ4n) is 1.84. The highest BCUT2D eigenvalue weighted by atomic mass is 79.9. The van der Waals surface area contributed by atoms with Gasteiger partial charge in [0.2, 0.25) is 0 Å². The maximum Gasteiger partial charge on any atom is 0.411 e. The van der Waals surface area contributed by atoms with Gasteiger partial charge in [0.15, 0.2) is 4.32 Å². The SMILES string of the molecule is Fc1ccc(C(Br)(c2ccccc2)C(F)(F)F)cc1. The molecule has 0 heterocycles. The van der Waals surface area contributed by atoms with Gasteiger partial charge in [-0.15, -0.1) is 0 Å². The fourth-order valence-corrected chi connectivity index (χ4v) is 2.37. The molecule has 0 N–H and O–H groups in total. The molecule has 0 amide bonds. The van der Waals surface area contributed by atoms with E-state index in [0.29, 0.717) is 0 Å². The molecule has 0 fully saturated rings. The van der Waals surface area contributed by atoms with Gasteiger partial charge in [0, 0.05) is 0 Å². The standard InChI is InChI=1S/C14H9BrF4/c15-13(14(17,18)19,10-4-2-1-3-5-10)11-6-8-12(16)9-7-11/h1-9H. The molecule has 2 aromatic rings. The highest BCUT2D eigenvalue weighted by Gasteiger charge is 2.55. The van der Waals surface area contributed by atoms with Crippen LogP contribution in [0.1, 0.15) is 11.1 Å². The molecular weight excluding hydrogens is 324 g/mol. The van der Waals surface area contributed by atoms with Crippen molar-refractivity contribution in [3.05, 3.63) is 71.5 Å². The Labute approximate surface area is 116 Å². The van der Waals surface area contributed by atoms with E-state index in [2.05, 4.69) is 15.9 Å². The first-order chi connectivity index (χ1) is 8.85. The summed E-state index contributed by atoms with van der Waals surface area (Å²) < 4.78 is 50.8. The second-order valence-electron chi connectivity index (χ2n) is 4.03. The van der Waals surface area contributed by atoms with E-state index in [1.807, 2.05) is 0 Å². The monoisotopic (exact) mass is 332 g/mol. The van der Waals surface area contributed by atoms with Crippen molar-refractivity contribution < 1.29 is 17.6 Å². The third-order valence-electron chi connectivity index (χ3n) is 2.80. The van der Waals surface area contributed by atoms with Crippen molar-refractivity contribution in [2.75, 3.05) is 0 Å². The Hall–Kier alpha value is -1.36. The van der Waals surface area contributed by atoms with Crippen LogP contribution in [0, 0.1) is 5.82 Å².